The molecule has 2 aromatic heterocycles. The summed E-state index contributed by atoms with van der Waals surface area (Å²) in [4.78, 5) is 21.0. The molecule has 7 heteroatoms. The van der Waals surface area contributed by atoms with Gasteiger partial charge < -0.3 is 13.9 Å². The number of furan rings is 1. The van der Waals surface area contributed by atoms with Crippen molar-refractivity contribution in [2.75, 3.05) is 26.2 Å². The Hall–Kier alpha value is -1.79. The highest BCUT2D eigenvalue weighted by Gasteiger charge is 2.23. The minimum atomic E-state index is -0.0891. The fourth-order valence-electron chi connectivity index (χ4n) is 2.90. The Morgan fingerprint density at radius 3 is 2.91 bits per heavy atom. The van der Waals surface area contributed by atoms with Crippen molar-refractivity contribution in [2.24, 2.45) is 0 Å². The van der Waals surface area contributed by atoms with E-state index in [-0.39, 0.29) is 11.1 Å². The zero-order valence-corrected chi connectivity index (χ0v) is 14.0. The van der Waals surface area contributed by atoms with Crippen LogP contribution in [-0.2, 0) is 13.1 Å². The van der Waals surface area contributed by atoms with Crippen LogP contribution in [0, 0.1) is 0 Å². The first kappa shape index (κ1) is 16.1. The molecule has 3 rings (SSSR count). The van der Waals surface area contributed by atoms with Gasteiger partial charge in [0.2, 0.25) is 0 Å². The molecule has 2 aromatic rings. The quantitative estimate of drug-likeness (QED) is 0.860. The molecule has 0 unspecified atom stereocenters. The summed E-state index contributed by atoms with van der Waals surface area (Å²) in [6, 6.07) is 3.23. The van der Waals surface area contributed by atoms with Gasteiger partial charge in [0.1, 0.15) is 5.82 Å². The van der Waals surface area contributed by atoms with Crippen molar-refractivity contribution >= 4 is 17.5 Å². The van der Waals surface area contributed by atoms with Crippen molar-refractivity contribution < 1.29 is 9.21 Å². The molecule has 3 heterocycles. The lowest BCUT2D eigenvalue weighted by atomic mass is 10.3. The number of imidazole rings is 1. The molecule has 6 nitrogen and oxygen atoms in total. The highest BCUT2D eigenvalue weighted by molar-refractivity contribution is 6.29. The monoisotopic (exact) mass is 336 g/mol. The summed E-state index contributed by atoms with van der Waals surface area (Å²) in [7, 11) is 0. The topological polar surface area (TPSA) is 54.5 Å². The van der Waals surface area contributed by atoms with Crippen LogP contribution in [-0.4, -0.2) is 51.4 Å². The van der Waals surface area contributed by atoms with Crippen molar-refractivity contribution in [1.29, 1.82) is 0 Å². The van der Waals surface area contributed by atoms with E-state index in [0.29, 0.717) is 12.3 Å². The number of rotatable bonds is 4. The van der Waals surface area contributed by atoms with Gasteiger partial charge in [-0.3, -0.25) is 9.69 Å². The first-order chi connectivity index (χ1) is 11.2. The van der Waals surface area contributed by atoms with E-state index in [4.69, 9.17) is 16.0 Å². The van der Waals surface area contributed by atoms with Gasteiger partial charge in [-0.15, -0.1) is 0 Å². The van der Waals surface area contributed by atoms with E-state index in [0.717, 1.165) is 45.0 Å². The zero-order chi connectivity index (χ0) is 16.2. The third-order valence-electron chi connectivity index (χ3n) is 4.17. The summed E-state index contributed by atoms with van der Waals surface area (Å²) in [6.45, 7) is 7.06. The summed E-state index contributed by atoms with van der Waals surface area (Å²) in [5.74, 6) is 1.30. The molecule has 23 heavy (non-hydrogen) atoms. The average molecular weight is 337 g/mol. The largest absolute Gasteiger partial charge is 0.440 e. The first-order valence-electron chi connectivity index (χ1n) is 7.94. The Balaban J connectivity index is 1.60. The second-order valence-corrected chi connectivity index (χ2v) is 6.03. The predicted octanol–water partition coefficient (Wildman–Crippen LogP) is 2.50. The molecule has 0 bridgehead atoms. The van der Waals surface area contributed by atoms with Crippen LogP contribution >= 0.6 is 11.6 Å². The lowest BCUT2D eigenvalue weighted by Gasteiger charge is -2.21. The molecule has 124 valence electrons. The summed E-state index contributed by atoms with van der Waals surface area (Å²) >= 11 is 5.75. The first-order valence-corrected chi connectivity index (χ1v) is 8.32. The fraction of sp³-hybridized carbons (Fsp3) is 0.500. The minimum Gasteiger partial charge on any atom is -0.440 e. The van der Waals surface area contributed by atoms with Gasteiger partial charge in [-0.05, 0) is 37.1 Å². The van der Waals surface area contributed by atoms with E-state index >= 15 is 0 Å². The maximum Gasteiger partial charge on any atom is 0.289 e. The average Bonchev–Trinajstić information content (AvgIpc) is 3.11. The van der Waals surface area contributed by atoms with Crippen LogP contribution in [0.3, 0.4) is 0 Å². The van der Waals surface area contributed by atoms with E-state index < -0.39 is 0 Å². The third kappa shape index (κ3) is 3.76. The number of aryl methyl sites for hydroxylation is 1. The summed E-state index contributed by atoms with van der Waals surface area (Å²) < 4.78 is 7.38. The van der Waals surface area contributed by atoms with Crippen molar-refractivity contribution in [3.8, 4) is 0 Å². The Morgan fingerprint density at radius 2 is 2.17 bits per heavy atom. The second-order valence-electron chi connectivity index (χ2n) is 5.66. The minimum absolute atomic E-state index is 0.0891. The molecular weight excluding hydrogens is 316 g/mol. The second kappa shape index (κ2) is 7.19. The molecule has 0 atom stereocenters. The van der Waals surface area contributed by atoms with Crippen LogP contribution in [0.5, 0.6) is 0 Å². The van der Waals surface area contributed by atoms with Crippen molar-refractivity contribution in [3.63, 3.8) is 0 Å². The molecule has 0 N–H and O–H groups in total. The van der Waals surface area contributed by atoms with Gasteiger partial charge in [0.05, 0.1) is 6.54 Å². The molecule has 1 amide bonds. The Bertz CT molecular complexity index is 667. The van der Waals surface area contributed by atoms with E-state index in [9.17, 15) is 4.79 Å². The van der Waals surface area contributed by atoms with Crippen LogP contribution in [0.2, 0.25) is 5.22 Å². The van der Waals surface area contributed by atoms with Crippen LogP contribution < -0.4 is 0 Å². The summed E-state index contributed by atoms with van der Waals surface area (Å²) in [5.41, 5.74) is 0. The summed E-state index contributed by atoms with van der Waals surface area (Å²) in [6.07, 6.45) is 4.78. The van der Waals surface area contributed by atoms with Crippen LogP contribution in [0.25, 0.3) is 0 Å². The van der Waals surface area contributed by atoms with Gasteiger partial charge in [-0.1, -0.05) is 0 Å². The van der Waals surface area contributed by atoms with Crippen LogP contribution in [0.1, 0.15) is 29.7 Å². The van der Waals surface area contributed by atoms with Gasteiger partial charge in [0.25, 0.3) is 5.91 Å². The molecule has 0 spiro atoms. The van der Waals surface area contributed by atoms with Gasteiger partial charge in [-0.25, -0.2) is 4.98 Å². The summed E-state index contributed by atoms with van der Waals surface area (Å²) in [5, 5.41) is 0.246. The molecule has 0 aliphatic carbocycles. The van der Waals surface area contributed by atoms with Crippen molar-refractivity contribution in [3.05, 3.63) is 41.3 Å². The van der Waals surface area contributed by atoms with Crippen LogP contribution in [0.4, 0.5) is 0 Å². The lowest BCUT2D eigenvalue weighted by Crippen LogP contribution is -2.35. The third-order valence-corrected chi connectivity index (χ3v) is 4.37. The molecule has 1 aliphatic heterocycles. The molecule has 0 radical (unpaired) electrons. The molecule has 1 saturated heterocycles. The smallest absolute Gasteiger partial charge is 0.289 e. The molecule has 1 aliphatic rings. The molecule has 0 aromatic carbocycles. The predicted molar refractivity (Wildman–Crippen MR) is 87.4 cm³/mol. The van der Waals surface area contributed by atoms with Crippen LogP contribution in [0.15, 0.2) is 28.9 Å². The fourth-order valence-corrected chi connectivity index (χ4v) is 3.04. The van der Waals surface area contributed by atoms with Crippen molar-refractivity contribution in [2.45, 2.75) is 26.4 Å². The number of hydrogen-bond acceptors (Lipinski definition) is 4. The maximum atomic E-state index is 12.4. The highest BCUT2D eigenvalue weighted by atomic mass is 35.5. The maximum absolute atomic E-state index is 12.4. The SMILES string of the molecule is CCn1ccnc1CN1CCCN(C(=O)c2ccc(Cl)o2)CC1. The number of amides is 1. The van der Waals surface area contributed by atoms with Gasteiger partial charge in [0, 0.05) is 45.1 Å². The Morgan fingerprint density at radius 1 is 1.30 bits per heavy atom. The Kier molecular flexibility index (Phi) is 5.03. The van der Waals surface area contributed by atoms with Gasteiger partial charge in [-0.2, -0.15) is 0 Å². The number of nitrogens with zero attached hydrogens (tertiary/aromatic N) is 4. The number of halogens is 1. The normalized spacial score (nSPS) is 16.5. The Labute approximate surface area is 140 Å². The van der Waals surface area contributed by atoms with Gasteiger partial charge in [0.15, 0.2) is 11.0 Å². The van der Waals surface area contributed by atoms with Crippen molar-refractivity contribution in [1.82, 2.24) is 19.4 Å². The standard InChI is InChI=1S/C16H21ClN4O2/c1-2-20-9-6-18-15(20)12-19-7-3-8-21(11-10-19)16(22)13-4-5-14(17)23-13/h4-6,9H,2-3,7-8,10-12H2,1H3. The number of hydrogen-bond donors (Lipinski definition) is 0. The van der Waals surface area contributed by atoms with E-state index in [1.165, 1.54) is 0 Å². The van der Waals surface area contributed by atoms with E-state index in [1.54, 1.807) is 12.1 Å². The lowest BCUT2D eigenvalue weighted by molar-refractivity contribution is 0.0729. The molecule has 0 saturated carbocycles. The number of carbonyl (C=O) groups excluding carboxylic acids is 1. The molecular formula is C16H21ClN4O2. The number of aromatic nitrogens is 2. The zero-order valence-electron chi connectivity index (χ0n) is 13.2. The number of carbonyl (C=O) groups is 1. The molecule has 1 fully saturated rings. The van der Waals surface area contributed by atoms with E-state index in [1.807, 2.05) is 17.3 Å². The van der Waals surface area contributed by atoms with E-state index in [2.05, 4.69) is 21.4 Å². The highest BCUT2D eigenvalue weighted by Crippen LogP contribution is 2.16. The van der Waals surface area contributed by atoms with Gasteiger partial charge >= 0.3 is 0 Å².